The van der Waals surface area contributed by atoms with Crippen molar-refractivity contribution in [2.75, 3.05) is 10.6 Å². The van der Waals surface area contributed by atoms with Crippen LogP contribution in [0.5, 0.6) is 0 Å². The van der Waals surface area contributed by atoms with Crippen molar-refractivity contribution < 1.29 is 8.78 Å². The van der Waals surface area contributed by atoms with Crippen LogP contribution in [0.3, 0.4) is 0 Å². The van der Waals surface area contributed by atoms with Gasteiger partial charge in [0, 0.05) is 29.2 Å². The topological polar surface area (TPSA) is 49.8 Å². The highest BCUT2D eigenvalue weighted by molar-refractivity contribution is 6.42. The molecule has 0 aliphatic rings. The Kier molecular flexibility index (Phi) is 5.01. The van der Waals surface area contributed by atoms with Crippen LogP contribution in [0.15, 0.2) is 42.5 Å². The third-order valence-electron chi connectivity index (χ3n) is 3.22. The second-order valence-corrected chi connectivity index (χ2v) is 6.04. The Morgan fingerprint density at radius 2 is 1.52 bits per heavy atom. The van der Waals surface area contributed by atoms with Gasteiger partial charge >= 0.3 is 0 Å². The monoisotopic (exact) mass is 380 g/mol. The fourth-order valence-electron chi connectivity index (χ4n) is 2.11. The van der Waals surface area contributed by atoms with E-state index in [0.717, 1.165) is 12.1 Å². The molecule has 2 N–H and O–H groups in total. The summed E-state index contributed by atoms with van der Waals surface area (Å²) in [6, 6.07) is 10.3. The summed E-state index contributed by atoms with van der Waals surface area (Å²) in [6.07, 6.45) is 0. The molecule has 1 heterocycles. The minimum Gasteiger partial charge on any atom is -0.340 e. The Morgan fingerprint density at radius 3 is 2.24 bits per heavy atom. The summed E-state index contributed by atoms with van der Waals surface area (Å²) in [7, 11) is 0. The molecule has 25 heavy (non-hydrogen) atoms. The standard InChI is InChI=1S/C17H12Cl2F2N4/c1-9-6-16(23-10-2-4-12(18)13(19)7-10)25-17(22-9)24-11-3-5-14(20)15(21)8-11/h2-8H,1H3,(H2,22,23,24,25). The highest BCUT2D eigenvalue weighted by Crippen LogP contribution is 2.27. The van der Waals surface area contributed by atoms with Crippen LogP contribution in [0.2, 0.25) is 10.0 Å². The zero-order chi connectivity index (χ0) is 18.0. The van der Waals surface area contributed by atoms with Crippen LogP contribution >= 0.6 is 23.2 Å². The van der Waals surface area contributed by atoms with Crippen LogP contribution in [-0.4, -0.2) is 9.97 Å². The van der Waals surface area contributed by atoms with Gasteiger partial charge in [-0.2, -0.15) is 4.98 Å². The van der Waals surface area contributed by atoms with Crippen LogP contribution in [0.4, 0.5) is 31.9 Å². The molecule has 1 aromatic heterocycles. The molecule has 3 aromatic rings. The summed E-state index contributed by atoms with van der Waals surface area (Å²) in [6.45, 7) is 1.79. The SMILES string of the molecule is Cc1cc(Nc2ccc(Cl)c(Cl)c2)nc(Nc2ccc(F)c(F)c2)n1. The van der Waals surface area contributed by atoms with Gasteiger partial charge in [0.2, 0.25) is 5.95 Å². The summed E-state index contributed by atoms with van der Waals surface area (Å²) < 4.78 is 26.3. The number of aryl methyl sites for hydroxylation is 1. The molecule has 4 nitrogen and oxygen atoms in total. The molecule has 0 fully saturated rings. The van der Waals surface area contributed by atoms with Crippen molar-refractivity contribution in [3.8, 4) is 0 Å². The van der Waals surface area contributed by atoms with Crippen LogP contribution in [0, 0.1) is 18.6 Å². The lowest BCUT2D eigenvalue weighted by atomic mass is 10.3. The van der Waals surface area contributed by atoms with Gasteiger partial charge in [-0.3, -0.25) is 0 Å². The predicted octanol–water partition coefficient (Wildman–Crippen LogP) is 5.86. The van der Waals surface area contributed by atoms with Gasteiger partial charge in [-0.05, 0) is 37.3 Å². The lowest BCUT2D eigenvalue weighted by Gasteiger charge is -2.11. The Hall–Kier alpha value is -2.44. The predicted molar refractivity (Wildman–Crippen MR) is 96.2 cm³/mol. The van der Waals surface area contributed by atoms with E-state index < -0.39 is 11.6 Å². The maximum atomic E-state index is 13.3. The van der Waals surface area contributed by atoms with Crippen molar-refractivity contribution in [2.24, 2.45) is 0 Å². The quantitative estimate of drug-likeness (QED) is 0.595. The number of nitrogens with zero attached hydrogens (tertiary/aromatic N) is 2. The molecule has 8 heteroatoms. The Balaban J connectivity index is 1.84. The normalized spacial score (nSPS) is 10.6. The van der Waals surface area contributed by atoms with E-state index >= 15 is 0 Å². The number of nitrogens with one attached hydrogen (secondary N) is 2. The number of benzene rings is 2. The third kappa shape index (κ3) is 4.35. The first-order chi connectivity index (χ1) is 11.9. The van der Waals surface area contributed by atoms with Crippen molar-refractivity contribution in [1.29, 1.82) is 0 Å². The van der Waals surface area contributed by atoms with Crippen molar-refractivity contribution in [3.63, 3.8) is 0 Å². The van der Waals surface area contributed by atoms with E-state index in [0.29, 0.717) is 32.9 Å². The molecule has 0 aliphatic heterocycles. The Morgan fingerprint density at radius 1 is 0.800 bits per heavy atom. The maximum absolute atomic E-state index is 13.3. The first-order valence-corrected chi connectivity index (χ1v) is 7.96. The molecule has 0 atom stereocenters. The third-order valence-corrected chi connectivity index (χ3v) is 3.96. The molecule has 0 spiro atoms. The summed E-state index contributed by atoms with van der Waals surface area (Å²) in [4.78, 5) is 8.53. The van der Waals surface area contributed by atoms with Crippen molar-refractivity contribution >= 4 is 46.3 Å². The largest absolute Gasteiger partial charge is 0.340 e. The molecular weight excluding hydrogens is 369 g/mol. The zero-order valence-electron chi connectivity index (χ0n) is 12.9. The lowest BCUT2D eigenvalue weighted by Crippen LogP contribution is -2.03. The van der Waals surface area contributed by atoms with Gasteiger partial charge in [0.15, 0.2) is 11.6 Å². The molecule has 0 radical (unpaired) electrons. The van der Waals surface area contributed by atoms with E-state index in [2.05, 4.69) is 20.6 Å². The minimum atomic E-state index is -0.952. The van der Waals surface area contributed by atoms with E-state index in [4.69, 9.17) is 23.2 Å². The molecule has 2 aromatic carbocycles. The number of aromatic nitrogens is 2. The fourth-order valence-corrected chi connectivity index (χ4v) is 2.41. The molecule has 3 rings (SSSR count). The van der Waals surface area contributed by atoms with Gasteiger partial charge in [0.1, 0.15) is 5.82 Å². The summed E-state index contributed by atoms with van der Waals surface area (Å²) in [5.41, 5.74) is 1.72. The molecule has 0 amide bonds. The average molecular weight is 381 g/mol. The molecule has 128 valence electrons. The van der Waals surface area contributed by atoms with Gasteiger partial charge in [-0.25, -0.2) is 13.8 Å². The lowest BCUT2D eigenvalue weighted by molar-refractivity contribution is 0.509. The Bertz CT molecular complexity index is 863. The molecule has 0 saturated heterocycles. The zero-order valence-corrected chi connectivity index (χ0v) is 14.5. The van der Waals surface area contributed by atoms with Crippen LogP contribution in [-0.2, 0) is 0 Å². The van der Waals surface area contributed by atoms with Gasteiger partial charge in [0.25, 0.3) is 0 Å². The van der Waals surface area contributed by atoms with E-state index in [1.807, 2.05) is 0 Å². The van der Waals surface area contributed by atoms with Crippen LogP contribution in [0.1, 0.15) is 5.69 Å². The van der Waals surface area contributed by atoms with E-state index in [1.165, 1.54) is 6.07 Å². The molecule has 0 bridgehead atoms. The van der Waals surface area contributed by atoms with Gasteiger partial charge in [-0.1, -0.05) is 23.2 Å². The summed E-state index contributed by atoms with van der Waals surface area (Å²) in [5, 5.41) is 6.80. The summed E-state index contributed by atoms with van der Waals surface area (Å²) in [5.74, 6) is -1.12. The minimum absolute atomic E-state index is 0.244. The number of hydrogen-bond donors (Lipinski definition) is 2. The van der Waals surface area contributed by atoms with Gasteiger partial charge in [-0.15, -0.1) is 0 Å². The molecule has 0 saturated carbocycles. The van der Waals surface area contributed by atoms with Crippen LogP contribution in [0.25, 0.3) is 0 Å². The van der Waals surface area contributed by atoms with Gasteiger partial charge < -0.3 is 10.6 Å². The Labute approximate surface area is 152 Å². The van der Waals surface area contributed by atoms with E-state index in [-0.39, 0.29) is 5.95 Å². The second kappa shape index (κ2) is 7.21. The van der Waals surface area contributed by atoms with Gasteiger partial charge in [0.05, 0.1) is 10.0 Å². The first kappa shape index (κ1) is 17.4. The molecule has 0 aliphatic carbocycles. The maximum Gasteiger partial charge on any atom is 0.229 e. The highest BCUT2D eigenvalue weighted by atomic mass is 35.5. The van der Waals surface area contributed by atoms with Crippen molar-refractivity contribution in [3.05, 3.63) is 69.8 Å². The summed E-state index contributed by atoms with van der Waals surface area (Å²) >= 11 is 11.9. The average Bonchev–Trinajstić information content (AvgIpc) is 2.54. The van der Waals surface area contributed by atoms with Crippen LogP contribution < -0.4 is 10.6 Å². The van der Waals surface area contributed by atoms with Crippen molar-refractivity contribution in [1.82, 2.24) is 9.97 Å². The van der Waals surface area contributed by atoms with E-state index in [9.17, 15) is 8.78 Å². The molecule has 0 unspecified atom stereocenters. The second-order valence-electron chi connectivity index (χ2n) is 5.23. The number of halogens is 4. The van der Waals surface area contributed by atoms with E-state index in [1.54, 1.807) is 31.2 Å². The first-order valence-electron chi connectivity index (χ1n) is 7.20. The number of hydrogen-bond acceptors (Lipinski definition) is 4. The number of anilines is 4. The number of rotatable bonds is 4. The fraction of sp³-hybridized carbons (Fsp3) is 0.0588. The molecular formula is C17H12Cl2F2N4. The highest BCUT2D eigenvalue weighted by Gasteiger charge is 2.07. The van der Waals surface area contributed by atoms with Crippen molar-refractivity contribution in [2.45, 2.75) is 6.92 Å². The smallest absolute Gasteiger partial charge is 0.229 e.